The van der Waals surface area contributed by atoms with Crippen LogP contribution in [0.25, 0.3) is 0 Å². The number of hydrogen-bond donors (Lipinski definition) is 1. The average Bonchev–Trinajstić information content (AvgIpc) is 3.32. The number of nitrogens with one attached hydrogen (secondary N) is 1. The maximum Gasteiger partial charge on any atom is 0.294 e. The summed E-state index contributed by atoms with van der Waals surface area (Å²) in [5.74, 6) is -0.243. The number of benzene rings is 1. The molecule has 30 heavy (non-hydrogen) atoms. The molecule has 2 amide bonds. The first-order valence-electron chi connectivity index (χ1n) is 9.79. The van der Waals surface area contributed by atoms with E-state index in [-0.39, 0.29) is 17.6 Å². The zero-order valence-electron chi connectivity index (χ0n) is 18.2. The molecule has 0 unspecified atom stereocenters. The molecular weight excluding hydrogens is 382 g/mol. The summed E-state index contributed by atoms with van der Waals surface area (Å²) < 4.78 is 6.93. The second-order valence-corrected chi connectivity index (χ2v) is 7.79. The summed E-state index contributed by atoms with van der Waals surface area (Å²) in [6.07, 6.45) is 1.77. The third kappa shape index (κ3) is 4.42. The Morgan fingerprint density at radius 3 is 2.57 bits per heavy atom. The number of aromatic nitrogens is 3. The molecule has 3 aromatic rings. The molecular formula is C22H27N5O3. The van der Waals surface area contributed by atoms with E-state index in [1.165, 1.54) is 0 Å². The highest BCUT2D eigenvalue weighted by molar-refractivity contribution is 6.04. The van der Waals surface area contributed by atoms with Gasteiger partial charge in [-0.25, -0.2) is 0 Å². The van der Waals surface area contributed by atoms with Gasteiger partial charge < -0.3 is 14.7 Å². The Balaban J connectivity index is 1.75. The lowest BCUT2D eigenvalue weighted by atomic mass is 10.1. The first-order valence-corrected chi connectivity index (χ1v) is 9.79. The molecule has 8 heteroatoms. The molecule has 0 aliphatic rings. The van der Waals surface area contributed by atoms with Crippen LogP contribution in [0.4, 0.5) is 5.69 Å². The van der Waals surface area contributed by atoms with Gasteiger partial charge in [-0.15, -0.1) is 0 Å². The van der Waals surface area contributed by atoms with Crippen molar-refractivity contribution in [3.05, 3.63) is 64.3 Å². The Labute approximate surface area is 175 Å². The Morgan fingerprint density at radius 1 is 1.23 bits per heavy atom. The number of rotatable bonds is 6. The van der Waals surface area contributed by atoms with Crippen LogP contribution in [0.2, 0.25) is 0 Å². The van der Waals surface area contributed by atoms with Gasteiger partial charge in [0.15, 0.2) is 0 Å². The zero-order chi connectivity index (χ0) is 22.0. The van der Waals surface area contributed by atoms with Gasteiger partial charge in [0.05, 0.1) is 11.9 Å². The largest absolute Gasteiger partial charge is 0.351 e. The van der Waals surface area contributed by atoms with E-state index in [1.807, 2.05) is 40.8 Å². The Morgan fingerprint density at radius 2 is 1.97 bits per heavy atom. The molecule has 8 nitrogen and oxygen atoms in total. The highest BCUT2D eigenvalue weighted by Gasteiger charge is 2.18. The van der Waals surface area contributed by atoms with Gasteiger partial charge in [0.1, 0.15) is 0 Å². The fourth-order valence-electron chi connectivity index (χ4n) is 2.99. The molecule has 0 aliphatic carbocycles. The van der Waals surface area contributed by atoms with Crippen molar-refractivity contribution in [3.8, 4) is 0 Å². The van der Waals surface area contributed by atoms with E-state index < -0.39 is 5.91 Å². The van der Waals surface area contributed by atoms with Crippen molar-refractivity contribution >= 4 is 17.5 Å². The molecule has 0 saturated carbocycles. The van der Waals surface area contributed by atoms with E-state index in [2.05, 4.69) is 15.6 Å². The van der Waals surface area contributed by atoms with Crippen LogP contribution >= 0.6 is 0 Å². The number of amides is 2. The van der Waals surface area contributed by atoms with Crippen LogP contribution in [0.3, 0.4) is 0 Å². The minimum absolute atomic E-state index is 0.138. The van der Waals surface area contributed by atoms with Crippen molar-refractivity contribution in [2.75, 3.05) is 12.4 Å². The van der Waals surface area contributed by atoms with Crippen molar-refractivity contribution in [3.63, 3.8) is 0 Å². The van der Waals surface area contributed by atoms with E-state index in [0.717, 1.165) is 16.8 Å². The first-order chi connectivity index (χ1) is 14.2. The van der Waals surface area contributed by atoms with Crippen LogP contribution in [-0.4, -0.2) is 38.7 Å². The fraction of sp³-hybridized carbons (Fsp3) is 0.364. The van der Waals surface area contributed by atoms with E-state index >= 15 is 0 Å². The predicted octanol–water partition coefficient (Wildman–Crippen LogP) is 3.67. The summed E-state index contributed by atoms with van der Waals surface area (Å²) in [7, 11) is 3.61. The summed E-state index contributed by atoms with van der Waals surface area (Å²) in [4.78, 5) is 27.1. The summed E-state index contributed by atoms with van der Waals surface area (Å²) in [6, 6.07) is 6.88. The quantitative estimate of drug-likeness (QED) is 0.670. The first kappa shape index (κ1) is 21.3. The SMILES string of the molecule is Cc1ccc(C(=O)N(C)Cc2cnn(C)c2C)cc1NC(=O)c1cc(C(C)C)no1. The van der Waals surface area contributed by atoms with Gasteiger partial charge in [0.25, 0.3) is 11.8 Å². The molecule has 0 bridgehead atoms. The van der Waals surface area contributed by atoms with Gasteiger partial charge in [-0.1, -0.05) is 25.1 Å². The molecule has 0 radical (unpaired) electrons. The molecule has 158 valence electrons. The summed E-state index contributed by atoms with van der Waals surface area (Å²) in [6.45, 7) is 8.23. The van der Waals surface area contributed by atoms with Crippen LogP contribution in [-0.2, 0) is 13.6 Å². The van der Waals surface area contributed by atoms with E-state index in [0.29, 0.717) is 23.5 Å². The molecule has 1 N–H and O–H groups in total. The molecule has 2 heterocycles. The smallest absolute Gasteiger partial charge is 0.294 e. The molecule has 0 aliphatic heterocycles. The number of aryl methyl sites for hydroxylation is 2. The lowest BCUT2D eigenvalue weighted by molar-refractivity contribution is 0.0784. The second kappa shape index (κ2) is 8.52. The average molecular weight is 409 g/mol. The normalized spacial score (nSPS) is 11.0. The molecule has 1 aromatic carbocycles. The molecule has 0 saturated heterocycles. The lowest BCUT2D eigenvalue weighted by Crippen LogP contribution is -2.26. The molecule has 0 atom stereocenters. The zero-order valence-corrected chi connectivity index (χ0v) is 18.2. The van der Waals surface area contributed by atoms with Crippen LogP contribution in [0, 0.1) is 13.8 Å². The molecule has 0 fully saturated rings. The predicted molar refractivity (Wildman–Crippen MR) is 113 cm³/mol. The lowest BCUT2D eigenvalue weighted by Gasteiger charge is -2.18. The van der Waals surface area contributed by atoms with Gasteiger partial charge in [-0.3, -0.25) is 14.3 Å². The van der Waals surface area contributed by atoms with E-state index in [1.54, 1.807) is 41.0 Å². The Kier molecular flexibility index (Phi) is 6.05. The van der Waals surface area contributed by atoms with E-state index in [9.17, 15) is 9.59 Å². The van der Waals surface area contributed by atoms with Crippen molar-refractivity contribution in [1.82, 2.24) is 19.8 Å². The maximum atomic E-state index is 12.9. The van der Waals surface area contributed by atoms with Crippen LogP contribution < -0.4 is 5.32 Å². The minimum atomic E-state index is -0.401. The number of anilines is 1. The summed E-state index contributed by atoms with van der Waals surface area (Å²) in [5, 5.41) is 11.0. The summed E-state index contributed by atoms with van der Waals surface area (Å²) in [5.41, 5.74) is 4.60. The Hall–Kier alpha value is -3.42. The fourth-order valence-corrected chi connectivity index (χ4v) is 2.99. The van der Waals surface area contributed by atoms with Gasteiger partial charge in [0, 0.05) is 49.2 Å². The minimum Gasteiger partial charge on any atom is -0.351 e. The number of carbonyl (C=O) groups is 2. The molecule has 3 rings (SSSR count). The van der Waals surface area contributed by atoms with Crippen molar-refractivity contribution in [1.29, 1.82) is 0 Å². The van der Waals surface area contributed by atoms with Crippen molar-refractivity contribution in [2.24, 2.45) is 7.05 Å². The number of carbonyl (C=O) groups excluding carboxylic acids is 2. The van der Waals surface area contributed by atoms with E-state index in [4.69, 9.17) is 4.52 Å². The standard InChI is InChI=1S/C22H27N5O3/c1-13(2)18-10-20(30-25-18)21(28)24-19-9-16(8-7-14(19)3)22(29)26(5)12-17-11-23-27(6)15(17)4/h7-11,13H,12H2,1-6H3,(H,24,28). The van der Waals surface area contributed by atoms with Crippen LogP contribution in [0.1, 0.15) is 63.2 Å². The maximum absolute atomic E-state index is 12.9. The highest BCUT2D eigenvalue weighted by Crippen LogP contribution is 2.21. The van der Waals surface area contributed by atoms with Gasteiger partial charge in [-0.2, -0.15) is 5.10 Å². The van der Waals surface area contributed by atoms with Crippen molar-refractivity contribution < 1.29 is 14.1 Å². The molecule has 0 spiro atoms. The van der Waals surface area contributed by atoms with Gasteiger partial charge in [-0.05, 0) is 37.5 Å². The number of hydrogen-bond acceptors (Lipinski definition) is 5. The monoisotopic (exact) mass is 409 g/mol. The molecule has 2 aromatic heterocycles. The summed E-state index contributed by atoms with van der Waals surface area (Å²) >= 11 is 0. The van der Waals surface area contributed by atoms with Crippen molar-refractivity contribution in [2.45, 2.75) is 40.2 Å². The van der Waals surface area contributed by atoms with Gasteiger partial charge >= 0.3 is 0 Å². The number of nitrogens with zero attached hydrogens (tertiary/aromatic N) is 4. The highest BCUT2D eigenvalue weighted by atomic mass is 16.5. The Bertz CT molecular complexity index is 1080. The van der Waals surface area contributed by atoms with Crippen LogP contribution in [0.5, 0.6) is 0 Å². The second-order valence-electron chi connectivity index (χ2n) is 7.79. The topological polar surface area (TPSA) is 93.3 Å². The van der Waals surface area contributed by atoms with Crippen LogP contribution in [0.15, 0.2) is 35.0 Å². The van der Waals surface area contributed by atoms with Gasteiger partial charge in [0.2, 0.25) is 5.76 Å². The third-order valence-corrected chi connectivity index (χ3v) is 5.17. The third-order valence-electron chi connectivity index (χ3n) is 5.17.